The van der Waals surface area contributed by atoms with Gasteiger partial charge in [-0.05, 0) is 42.7 Å². The molecule has 0 bridgehead atoms. The van der Waals surface area contributed by atoms with Gasteiger partial charge >= 0.3 is 0 Å². The minimum absolute atomic E-state index is 0.0434. The molecule has 0 aliphatic carbocycles. The molecule has 0 aromatic heterocycles. The van der Waals surface area contributed by atoms with Gasteiger partial charge in [0, 0.05) is 18.3 Å². The van der Waals surface area contributed by atoms with Crippen molar-refractivity contribution in [3.63, 3.8) is 0 Å². The molecule has 0 atom stereocenters. The highest BCUT2D eigenvalue weighted by atomic mass is 19.1. The molecule has 134 valence electrons. The molecule has 0 aliphatic rings. The van der Waals surface area contributed by atoms with E-state index in [2.05, 4.69) is 19.7 Å². The number of rotatable bonds is 7. The van der Waals surface area contributed by atoms with Gasteiger partial charge in [-0.25, -0.2) is 4.39 Å². The highest BCUT2D eigenvalue weighted by Crippen LogP contribution is 2.28. The summed E-state index contributed by atoms with van der Waals surface area (Å²) in [6.07, 6.45) is 8.60. The van der Waals surface area contributed by atoms with E-state index in [1.54, 1.807) is 38.3 Å². The third-order valence-corrected chi connectivity index (χ3v) is 4.03. The molecule has 1 N–H and O–H groups in total. The van der Waals surface area contributed by atoms with E-state index in [1.165, 1.54) is 17.0 Å². The molecule has 1 rings (SSSR count). The molecule has 0 amide bonds. The third-order valence-electron chi connectivity index (χ3n) is 4.03. The number of aliphatic hydroxyl groups is 1. The van der Waals surface area contributed by atoms with Crippen LogP contribution in [0.3, 0.4) is 0 Å². The monoisotopic (exact) mass is 350 g/mol. The zero-order valence-electron chi connectivity index (χ0n) is 15.4. The van der Waals surface area contributed by atoms with E-state index >= 15 is 0 Å². The first-order valence-corrected chi connectivity index (χ1v) is 7.97. The number of halogens is 1. The first kappa shape index (κ1) is 20.7. The standard InChI is InChI=1S/C22H23FN2O/c1-7-17(8-2)11-10-15(4)25(6)22(26)19(9-3)20-13-12-18(14-24)21(23)16(20)5/h7-13,26H,1,3-4H2,2,5-6H3/b11-10-,17-8-,22-19-. The Bertz CT molecular complexity index is 867. The average molecular weight is 350 g/mol. The largest absolute Gasteiger partial charge is 0.494 e. The first-order chi connectivity index (χ1) is 12.3. The van der Waals surface area contributed by atoms with E-state index in [0.717, 1.165) is 5.57 Å². The van der Waals surface area contributed by atoms with Crippen LogP contribution in [-0.4, -0.2) is 17.1 Å². The Labute approximate surface area is 154 Å². The highest BCUT2D eigenvalue weighted by molar-refractivity contribution is 5.77. The number of hydrogen-bond donors (Lipinski definition) is 1. The Morgan fingerprint density at radius 3 is 2.42 bits per heavy atom. The smallest absolute Gasteiger partial charge is 0.199 e. The van der Waals surface area contributed by atoms with E-state index < -0.39 is 5.82 Å². The second-order valence-corrected chi connectivity index (χ2v) is 5.53. The van der Waals surface area contributed by atoms with Crippen LogP contribution in [0.5, 0.6) is 0 Å². The fourth-order valence-electron chi connectivity index (χ4n) is 2.29. The summed E-state index contributed by atoms with van der Waals surface area (Å²) >= 11 is 0. The van der Waals surface area contributed by atoms with Gasteiger partial charge in [-0.3, -0.25) is 0 Å². The number of nitrogens with zero attached hydrogens (tertiary/aromatic N) is 2. The molecule has 0 fully saturated rings. The predicted molar refractivity (Wildman–Crippen MR) is 106 cm³/mol. The maximum Gasteiger partial charge on any atom is 0.199 e. The van der Waals surface area contributed by atoms with Gasteiger partial charge in [-0.2, -0.15) is 5.26 Å². The summed E-state index contributed by atoms with van der Waals surface area (Å²) in [6.45, 7) is 14.8. The van der Waals surface area contributed by atoms with Crippen molar-refractivity contribution in [2.24, 2.45) is 0 Å². The second-order valence-electron chi connectivity index (χ2n) is 5.53. The average Bonchev–Trinajstić information content (AvgIpc) is 2.65. The van der Waals surface area contributed by atoms with Gasteiger partial charge in [0.1, 0.15) is 11.9 Å². The van der Waals surface area contributed by atoms with E-state index in [4.69, 9.17) is 5.26 Å². The van der Waals surface area contributed by atoms with Crippen LogP contribution in [0.2, 0.25) is 0 Å². The van der Waals surface area contributed by atoms with Gasteiger partial charge < -0.3 is 10.0 Å². The van der Waals surface area contributed by atoms with Crippen LogP contribution in [0, 0.1) is 24.1 Å². The maximum atomic E-state index is 14.3. The lowest BCUT2D eigenvalue weighted by molar-refractivity contribution is 0.278. The summed E-state index contributed by atoms with van der Waals surface area (Å²) in [4.78, 5) is 1.47. The minimum atomic E-state index is -0.609. The van der Waals surface area contributed by atoms with Crippen LogP contribution in [0.25, 0.3) is 5.57 Å². The zero-order valence-corrected chi connectivity index (χ0v) is 15.4. The second kappa shape index (κ2) is 9.24. The van der Waals surface area contributed by atoms with Crippen molar-refractivity contribution >= 4 is 5.57 Å². The molecule has 4 heteroatoms. The predicted octanol–water partition coefficient (Wildman–Crippen LogP) is 5.55. The molecule has 0 unspecified atom stereocenters. The van der Waals surface area contributed by atoms with Crippen LogP contribution in [0.1, 0.15) is 23.6 Å². The number of nitriles is 1. The van der Waals surface area contributed by atoms with Gasteiger partial charge in [-0.15, -0.1) is 0 Å². The molecule has 0 saturated carbocycles. The van der Waals surface area contributed by atoms with Crippen LogP contribution in [0.15, 0.2) is 79.4 Å². The number of benzene rings is 1. The van der Waals surface area contributed by atoms with Crippen molar-refractivity contribution in [2.45, 2.75) is 13.8 Å². The molecule has 0 saturated heterocycles. The minimum Gasteiger partial charge on any atom is -0.494 e. The normalized spacial score (nSPS) is 12.3. The zero-order chi connectivity index (χ0) is 19.9. The molecule has 1 aromatic carbocycles. The van der Waals surface area contributed by atoms with Crippen molar-refractivity contribution in [3.8, 4) is 6.07 Å². The van der Waals surface area contributed by atoms with Gasteiger partial charge in [-0.1, -0.05) is 50.1 Å². The number of likely N-dealkylation sites (N-methyl/N-ethyl adjacent to an activating group) is 1. The molecular weight excluding hydrogens is 327 g/mol. The van der Waals surface area contributed by atoms with Crippen LogP contribution in [-0.2, 0) is 0 Å². The van der Waals surface area contributed by atoms with Gasteiger partial charge in [0.05, 0.1) is 5.56 Å². The Balaban J connectivity index is 3.34. The topological polar surface area (TPSA) is 47.3 Å². The van der Waals surface area contributed by atoms with Crippen molar-refractivity contribution in [1.82, 2.24) is 4.90 Å². The third kappa shape index (κ3) is 4.40. The lowest BCUT2D eigenvalue weighted by Gasteiger charge is -2.21. The Kier molecular flexibility index (Phi) is 7.36. The van der Waals surface area contributed by atoms with Gasteiger partial charge in [0.15, 0.2) is 5.88 Å². The van der Waals surface area contributed by atoms with E-state index in [1.807, 2.05) is 19.1 Å². The van der Waals surface area contributed by atoms with Crippen LogP contribution >= 0.6 is 0 Å². The number of aliphatic hydroxyl groups excluding tert-OH is 1. The molecular formula is C22H23FN2O. The summed E-state index contributed by atoms with van der Waals surface area (Å²) in [7, 11) is 1.64. The first-order valence-electron chi connectivity index (χ1n) is 7.97. The summed E-state index contributed by atoms with van der Waals surface area (Å²) < 4.78 is 14.3. The SMILES string of the molecule is C=CC(/C=C\C(=C)N(C)/C(O)=C(\C=C)c1ccc(C#N)c(F)c1C)=C/C. The maximum absolute atomic E-state index is 14.3. The van der Waals surface area contributed by atoms with E-state index in [0.29, 0.717) is 16.8 Å². The molecule has 0 heterocycles. The molecule has 1 aromatic rings. The summed E-state index contributed by atoms with van der Waals surface area (Å²) in [6, 6.07) is 4.77. The van der Waals surface area contributed by atoms with Crippen molar-refractivity contribution in [2.75, 3.05) is 7.05 Å². The number of allylic oxidation sites excluding steroid dienone is 7. The molecule has 0 aliphatic heterocycles. The molecule has 26 heavy (non-hydrogen) atoms. The quantitative estimate of drug-likeness (QED) is 0.518. The van der Waals surface area contributed by atoms with Crippen LogP contribution in [0.4, 0.5) is 4.39 Å². The fourth-order valence-corrected chi connectivity index (χ4v) is 2.29. The highest BCUT2D eigenvalue weighted by Gasteiger charge is 2.17. The van der Waals surface area contributed by atoms with Gasteiger partial charge in [0.25, 0.3) is 0 Å². The Morgan fingerprint density at radius 2 is 1.92 bits per heavy atom. The van der Waals surface area contributed by atoms with E-state index in [9.17, 15) is 9.50 Å². The van der Waals surface area contributed by atoms with E-state index in [-0.39, 0.29) is 17.0 Å². The molecule has 3 nitrogen and oxygen atoms in total. The number of hydrogen-bond acceptors (Lipinski definition) is 3. The van der Waals surface area contributed by atoms with Crippen LogP contribution < -0.4 is 0 Å². The van der Waals surface area contributed by atoms with Crippen molar-refractivity contribution in [3.05, 3.63) is 102 Å². The van der Waals surface area contributed by atoms with Gasteiger partial charge in [0.2, 0.25) is 0 Å². The molecule has 0 radical (unpaired) electrons. The van der Waals surface area contributed by atoms with Crippen molar-refractivity contribution in [1.29, 1.82) is 5.26 Å². The fraction of sp³-hybridized carbons (Fsp3) is 0.136. The Hall–Kier alpha value is -3.32. The summed E-state index contributed by atoms with van der Waals surface area (Å²) in [5.74, 6) is -0.732. The summed E-state index contributed by atoms with van der Waals surface area (Å²) in [5, 5.41) is 19.6. The lowest BCUT2D eigenvalue weighted by atomic mass is 9.97. The summed E-state index contributed by atoms with van der Waals surface area (Å²) in [5.41, 5.74) is 2.46. The van der Waals surface area contributed by atoms with Crippen molar-refractivity contribution < 1.29 is 9.50 Å². The lowest BCUT2D eigenvalue weighted by Crippen LogP contribution is -2.17. The molecule has 0 spiro atoms. The Morgan fingerprint density at radius 1 is 1.27 bits per heavy atom.